The van der Waals surface area contributed by atoms with Crippen LogP contribution in [0, 0.1) is 19.7 Å². The zero-order chi connectivity index (χ0) is 15.2. The van der Waals surface area contributed by atoms with Gasteiger partial charge in [-0.1, -0.05) is 12.1 Å². The van der Waals surface area contributed by atoms with Crippen molar-refractivity contribution in [2.75, 3.05) is 18.5 Å². The van der Waals surface area contributed by atoms with Crippen LogP contribution in [0.1, 0.15) is 11.1 Å². The van der Waals surface area contributed by atoms with Crippen molar-refractivity contribution in [2.45, 2.75) is 20.0 Å². The highest BCUT2D eigenvalue weighted by Crippen LogP contribution is 2.14. The Morgan fingerprint density at radius 2 is 2.00 bits per heavy atom. The van der Waals surface area contributed by atoms with Crippen LogP contribution in [-0.2, 0) is 0 Å². The number of rotatable bonds is 6. The van der Waals surface area contributed by atoms with Gasteiger partial charge in [0.1, 0.15) is 24.3 Å². The minimum atomic E-state index is -0.643. The summed E-state index contributed by atoms with van der Waals surface area (Å²) in [7, 11) is 0. The van der Waals surface area contributed by atoms with E-state index in [-0.39, 0.29) is 12.4 Å². The number of halogens is 1. The highest BCUT2D eigenvalue weighted by Gasteiger charge is 2.06. The van der Waals surface area contributed by atoms with Crippen molar-refractivity contribution in [1.82, 2.24) is 0 Å². The van der Waals surface area contributed by atoms with E-state index in [0.717, 1.165) is 17.0 Å². The second kappa shape index (κ2) is 7.09. The highest BCUT2D eigenvalue weighted by molar-refractivity contribution is 5.46. The number of hydrogen-bond donors (Lipinski definition) is 2. The van der Waals surface area contributed by atoms with Gasteiger partial charge in [0.25, 0.3) is 0 Å². The number of nitrogens with one attached hydrogen (secondary N) is 1. The first-order valence-corrected chi connectivity index (χ1v) is 6.92. The minimum absolute atomic E-state index is 0.205. The molecule has 2 aromatic rings. The maximum absolute atomic E-state index is 13.1. The van der Waals surface area contributed by atoms with E-state index in [1.54, 1.807) is 19.1 Å². The Morgan fingerprint density at radius 1 is 1.19 bits per heavy atom. The predicted molar refractivity (Wildman–Crippen MR) is 82.3 cm³/mol. The Hall–Kier alpha value is -2.07. The molecule has 0 amide bonds. The van der Waals surface area contributed by atoms with Gasteiger partial charge in [0.05, 0.1) is 0 Å². The molecule has 0 spiro atoms. The van der Waals surface area contributed by atoms with E-state index in [0.29, 0.717) is 12.1 Å². The molecular formula is C17H20FNO2. The first kappa shape index (κ1) is 15.3. The quantitative estimate of drug-likeness (QED) is 0.857. The van der Waals surface area contributed by atoms with E-state index in [1.165, 1.54) is 6.07 Å². The Kier molecular flexibility index (Phi) is 5.17. The Labute approximate surface area is 124 Å². The molecule has 2 aromatic carbocycles. The highest BCUT2D eigenvalue weighted by atomic mass is 19.1. The average Bonchev–Trinajstić information content (AvgIpc) is 2.46. The van der Waals surface area contributed by atoms with Crippen LogP contribution in [0.15, 0.2) is 42.5 Å². The molecule has 21 heavy (non-hydrogen) atoms. The molecule has 0 saturated carbocycles. The van der Waals surface area contributed by atoms with Gasteiger partial charge in [0.15, 0.2) is 0 Å². The molecule has 0 fully saturated rings. The van der Waals surface area contributed by atoms with Gasteiger partial charge in [-0.05, 0) is 55.3 Å². The minimum Gasteiger partial charge on any atom is -0.491 e. The van der Waals surface area contributed by atoms with Crippen molar-refractivity contribution < 1.29 is 14.2 Å². The van der Waals surface area contributed by atoms with Crippen molar-refractivity contribution in [3.8, 4) is 5.75 Å². The zero-order valence-electron chi connectivity index (χ0n) is 12.3. The summed E-state index contributed by atoms with van der Waals surface area (Å²) in [6.45, 7) is 4.24. The molecule has 112 valence electrons. The maximum atomic E-state index is 13.1. The maximum Gasteiger partial charge on any atom is 0.126 e. The van der Waals surface area contributed by atoms with Crippen LogP contribution in [0.4, 0.5) is 10.1 Å². The molecule has 0 radical (unpaired) electrons. The number of aliphatic hydroxyl groups excluding tert-OH is 1. The van der Waals surface area contributed by atoms with Crippen molar-refractivity contribution in [3.05, 3.63) is 59.4 Å². The monoisotopic (exact) mass is 289 g/mol. The van der Waals surface area contributed by atoms with Gasteiger partial charge in [-0.3, -0.25) is 0 Å². The lowest BCUT2D eigenvalue weighted by Gasteiger charge is -2.14. The Bertz CT molecular complexity index is 601. The molecule has 0 saturated heterocycles. The second-order valence-electron chi connectivity index (χ2n) is 5.13. The first-order chi connectivity index (χ1) is 10.0. The summed E-state index contributed by atoms with van der Waals surface area (Å²) >= 11 is 0. The molecule has 0 aliphatic heterocycles. The first-order valence-electron chi connectivity index (χ1n) is 6.92. The number of aryl methyl sites for hydroxylation is 2. The van der Waals surface area contributed by atoms with Crippen molar-refractivity contribution in [1.29, 1.82) is 0 Å². The van der Waals surface area contributed by atoms with Crippen LogP contribution in [-0.4, -0.2) is 24.4 Å². The number of aliphatic hydroxyl groups is 1. The Balaban J connectivity index is 1.79. The number of benzene rings is 2. The lowest BCUT2D eigenvalue weighted by molar-refractivity contribution is 0.117. The average molecular weight is 289 g/mol. The Morgan fingerprint density at radius 3 is 2.71 bits per heavy atom. The molecule has 1 atom stereocenters. The van der Waals surface area contributed by atoms with E-state index in [2.05, 4.69) is 5.32 Å². The lowest BCUT2D eigenvalue weighted by Crippen LogP contribution is -2.26. The van der Waals surface area contributed by atoms with Gasteiger partial charge in [-0.2, -0.15) is 0 Å². The molecular weight excluding hydrogens is 269 g/mol. The van der Waals surface area contributed by atoms with Crippen LogP contribution < -0.4 is 10.1 Å². The van der Waals surface area contributed by atoms with Gasteiger partial charge in [0.2, 0.25) is 0 Å². The number of ether oxygens (including phenoxy) is 1. The summed E-state index contributed by atoms with van der Waals surface area (Å²) < 4.78 is 18.7. The van der Waals surface area contributed by atoms with Crippen LogP contribution in [0.25, 0.3) is 0 Å². The topological polar surface area (TPSA) is 41.5 Å². The fourth-order valence-electron chi connectivity index (χ4n) is 1.95. The van der Waals surface area contributed by atoms with Gasteiger partial charge in [0, 0.05) is 12.2 Å². The summed E-state index contributed by atoms with van der Waals surface area (Å²) in [5.74, 6) is 0.510. The SMILES string of the molecule is Cc1cccc(OCC(O)CNc2ccc(F)c(C)c2)c1. The van der Waals surface area contributed by atoms with Gasteiger partial charge in [-0.25, -0.2) is 4.39 Å². The summed E-state index contributed by atoms with van der Waals surface area (Å²) in [4.78, 5) is 0. The normalized spacial score (nSPS) is 12.0. The molecule has 0 bridgehead atoms. The number of anilines is 1. The van der Waals surface area contributed by atoms with Crippen LogP contribution >= 0.6 is 0 Å². The van der Waals surface area contributed by atoms with E-state index >= 15 is 0 Å². The fourth-order valence-corrected chi connectivity index (χ4v) is 1.95. The van der Waals surface area contributed by atoms with E-state index in [9.17, 15) is 9.50 Å². The molecule has 1 unspecified atom stereocenters. The van der Waals surface area contributed by atoms with E-state index in [1.807, 2.05) is 31.2 Å². The molecule has 0 aromatic heterocycles. The smallest absolute Gasteiger partial charge is 0.126 e. The van der Waals surface area contributed by atoms with Crippen LogP contribution in [0.2, 0.25) is 0 Å². The molecule has 0 aliphatic rings. The van der Waals surface area contributed by atoms with E-state index < -0.39 is 6.10 Å². The lowest BCUT2D eigenvalue weighted by atomic mass is 10.2. The number of hydrogen-bond acceptors (Lipinski definition) is 3. The fraction of sp³-hybridized carbons (Fsp3) is 0.294. The molecule has 2 N–H and O–H groups in total. The van der Waals surface area contributed by atoms with Gasteiger partial charge >= 0.3 is 0 Å². The van der Waals surface area contributed by atoms with Crippen LogP contribution in [0.5, 0.6) is 5.75 Å². The molecule has 0 aliphatic carbocycles. The molecule has 2 rings (SSSR count). The molecule has 0 heterocycles. The van der Waals surface area contributed by atoms with Crippen molar-refractivity contribution >= 4 is 5.69 Å². The standard InChI is InChI=1S/C17H20FNO2/c1-12-4-3-5-16(8-12)21-11-15(20)10-19-14-6-7-17(18)13(2)9-14/h3-9,15,19-20H,10-11H2,1-2H3. The summed E-state index contributed by atoms with van der Waals surface area (Å²) in [5, 5.41) is 13.0. The van der Waals surface area contributed by atoms with Crippen molar-refractivity contribution in [3.63, 3.8) is 0 Å². The summed E-state index contributed by atoms with van der Waals surface area (Å²) in [6, 6.07) is 12.4. The van der Waals surface area contributed by atoms with Gasteiger partial charge in [-0.15, -0.1) is 0 Å². The third-order valence-corrected chi connectivity index (χ3v) is 3.13. The molecule has 4 heteroatoms. The third kappa shape index (κ3) is 4.76. The summed E-state index contributed by atoms with van der Waals surface area (Å²) in [6.07, 6.45) is -0.643. The van der Waals surface area contributed by atoms with Crippen molar-refractivity contribution in [2.24, 2.45) is 0 Å². The van der Waals surface area contributed by atoms with Crippen LogP contribution in [0.3, 0.4) is 0 Å². The second-order valence-corrected chi connectivity index (χ2v) is 5.13. The van der Waals surface area contributed by atoms with Gasteiger partial charge < -0.3 is 15.2 Å². The largest absolute Gasteiger partial charge is 0.491 e. The molecule has 3 nitrogen and oxygen atoms in total. The summed E-state index contributed by atoms with van der Waals surface area (Å²) in [5.41, 5.74) is 2.47. The van der Waals surface area contributed by atoms with E-state index in [4.69, 9.17) is 4.74 Å². The predicted octanol–water partition coefficient (Wildman–Crippen LogP) is 3.29. The zero-order valence-corrected chi connectivity index (χ0v) is 12.3. The third-order valence-electron chi connectivity index (χ3n) is 3.13.